The van der Waals surface area contributed by atoms with E-state index in [0.29, 0.717) is 38.2 Å². The Labute approximate surface area is 230 Å². The first-order valence-corrected chi connectivity index (χ1v) is 15.4. The van der Waals surface area contributed by atoms with Gasteiger partial charge in [0, 0.05) is 32.1 Å². The molecule has 3 aliphatic heterocycles. The summed E-state index contributed by atoms with van der Waals surface area (Å²) in [6.45, 7) is 7.10. The molecule has 10 heteroatoms. The van der Waals surface area contributed by atoms with Gasteiger partial charge in [0.25, 0.3) is 5.91 Å². The maximum atomic E-state index is 13.2. The third kappa shape index (κ3) is 5.96. The Bertz CT molecular complexity index is 1380. The molecule has 210 valence electrons. The Balaban J connectivity index is 1.21. The summed E-state index contributed by atoms with van der Waals surface area (Å²) >= 11 is 0. The highest BCUT2D eigenvalue weighted by atomic mass is 32.2. The molecule has 1 N–H and O–H groups in total. The number of fused-ring (bicyclic) bond motifs is 1. The molecule has 0 radical (unpaired) electrons. The number of nitrogens with zero attached hydrogens (tertiary/aromatic N) is 3. The van der Waals surface area contributed by atoms with Gasteiger partial charge in [-0.25, -0.2) is 17.5 Å². The quantitative estimate of drug-likeness (QED) is 0.606. The van der Waals surface area contributed by atoms with Gasteiger partial charge in [0.2, 0.25) is 10.0 Å². The van der Waals surface area contributed by atoms with Crippen LogP contribution in [0.5, 0.6) is 0 Å². The topological polar surface area (TPSA) is 108 Å². The second-order valence-corrected chi connectivity index (χ2v) is 13.9. The summed E-state index contributed by atoms with van der Waals surface area (Å²) in [5.74, 6) is 0.398. The molecule has 2 saturated heterocycles. The van der Waals surface area contributed by atoms with Crippen molar-refractivity contribution in [2.75, 3.05) is 31.9 Å². The minimum absolute atomic E-state index is 0.0251. The molecule has 2 amide bonds. The van der Waals surface area contributed by atoms with Gasteiger partial charge in [0.05, 0.1) is 5.75 Å². The minimum atomic E-state index is -3.48. The summed E-state index contributed by atoms with van der Waals surface area (Å²) in [6.07, 6.45) is 2.40. The van der Waals surface area contributed by atoms with Crippen molar-refractivity contribution in [3.05, 3.63) is 48.0 Å². The molecule has 5 rings (SSSR count). The van der Waals surface area contributed by atoms with Crippen LogP contribution in [0.1, 0.15) is 52.0 Å². The summed E-state index contributed by atoms with van der Waals surface area (Å²) in [6, 6.07) is 14.0. The van der Waals surface area contributed by atoms with Crippen LogP contribution in [0.3, 0.4) is 0 Å². The lowest BCUT2D eigenvalue weighted by Crippen LogP contribution is -2.51. The van der Waals surface area contributed by atoms with Crippen LogP contribution in [-0.2, 0) is 26.0 Å². The van der Waals surface area contributed by atoms with Crippen LogP contribution in [0, 0.1) is 5.92 Å². The van der Waals surface area contributed by atoms with Crippen LogP contribution in [0.25, 0.3) is 10.8 Å². The number of amides is 2. The number of carbonyl (C=O) groups is 2. The fourth-order valence-electron chi connectivity index (χ4n) is 5.78. The van der Waals surface area contributed by atoms with Gasteiger partial charge in [0.1, 0.15) is 17.0 Å². The molecule has 2 aromatic rings. The number of likely N-dealkylation sites (tertiary alicyclic amines) is 1. The number of aryl methyl sites for hydroxylation is 1. The maximum Gasteiger partial charge on any atom is 0.410 e. The molecule has 0 aliphatic carbocycles. The second-order valence-electron chi connectivity index (χ2n) is 11.9. The van der Waals surface area contributed by atoms with Gasteiger partial charge < -0.3 is 15.0 Å². The van der Waals surface area contributed by atoms with E-state index in [2.05, 4.69) is 5.32 Å². The zero-order valence-electron chi connectivity index (χ0n) is 23.0. The molecule has 1 spiro atoms. The Kier molecular flexibility index (Phi) is 7.45. The standard InChI is InChI=1S/C29H38N4O5S/c1-28(2,3)38-27(35)32-16-7-11-23(20-32)25-30-26(34)29(31-25)14-17-33(18-15-29)39(36,37)19-13-22-10-6-9-21-8-4-5-12-24(21)22/h4-6,8-10,12,23H,7,11,13-20H2,1-3H3,(H,30,31,34). The monoisotopic (exact) mass is 554 g/mol. The number of aliphatic imine (C=N–C) groups is 1. The molecule has 0 aromatic heterocycles. The lowest BCUT2D eigenvalue weighted by atomic mass is 9.89. The predicted octanol–water partition coefficient (Wildman–Crippen LogP) is 3.72. The highest BCUT2D eigenvalue weighted by Crippen LogP contribution is 2.34. The Hall–Kier alpha value is -2.98. The predicted molar refractivity (Wildman–Crippen MR) is 151 cm³/mol. The first kappa shape index (κ1) is 27.6. The molecule has 2 aromatic carbocycles. The van der Waals surface area contributed by atoms with E-state index < -0.39 is 21.2 Å². The molecule has 3 heterocycles. The van der Waals surface area contributed by atoms with E-state index in [9.17, 15) is 18.0 Å². The molecule has 1 unspecified atom stereocenters. The van der Waals surface area contributed by atoms with Crippen molar-refractivity contribution in [3.63, 3.8) is 0 Å². The lowest BCUT2D eigenvalue weighted by Gasteiger charge is -2.35. The number of hydrogen-bond acceptors (Lipinski definition) is 6. The minimum Gasteiger partial charge on any atom is -0.444 e. The Morgan fingerprint density at radius 2 is 1.82 bits per heavy atom. The Morgan fingerprint density at radius 3 is 2.56 bits per heavy atom. The zero-order chi connectivity index (χ0) is 27.8. The summed E-state index contributed by atoms with van der Waals surface area (Å²) in [5.41, 5.74) is -0.496. The van der Waals surface area contributed by atoms with Gasteiger partial charge >= 0.3 is 6.09 Å². The molecule has 0 saturated carbocycles. The van der Waals surface area contributed by atoms with Gasteiger partial charge in [-0.1, -0.05) is 42.5 Å². The van der Waals surface area contributed by atoms with E-state index in [-0.39, 0.29) is 36.8 Å². The molecule has 0 bridgehead atoms. The van der Waals surface area contributed by atoms with E-state index in [1.54, 1.807) is 4.90 Å². The van der Waals surface area contributed by atoms with Crippen LogP contribution in [0.4, 0.5) is 4.79 Å². The van der Waals surface area contributed by atoms with Gasteiger partial charge in [-0.2, -0.15) is 0 Å². The first-order valence-electron chi connectivity index (χ1n) is 13.8. The Morgan fingerprint density at radius 1 is 1.10 bits per heavy atom. The number of ether oxygens (including phenoxy) is 1. The van der Waals surface area contributed by atoms with Crippen molar-refractivity contribution in [1.82, 2.24) is 14.5 Å². The molecule has 3 aliphatic rings. The second kappa shape index (κ2) is 10.5. The van der Waals surface area contributed by atoms with Crippen molar-refractivity contribution in [1.29, 1.82) is 0 Å². The number of hydrogen-bond donors (Lipinski definition) is 1. The van der Waals surface area contributed by atoms with Gasteiger partial charge in [-0.05, 0) is 69.2 Å². The lowest BCUT2D eigenvalue weighted by molar-refractivity contribution is -0.125. The van der Waals surface area contributed by atoms with Crippen LogP contribution < -0.4 is 5.32 Å². The number of rotatable bonds is 5. The molecule has 1 atom stereocenters. The average Bonchev–Trinajstić information content (AvgIpc) is 3.22. The third-order valence-electron chi connectivity index (χ3n) is 7.91. The fourth-order valence-corrected chi connectivity index (χ4v) is 7.25. The van der Waals surface area contributed by atoms with Crippen molar-refractivity contribution in [2.24, 2.45) is 10.9 Å². The molecular weight excluding hydrogens is 516 g/mol. The van der Waals surface area contributed by atoms with Crippen LogP contribution >= 0.6 is 0 Å². The average molecular weight is 555 g/mol. The van der Waals surface area contributed by atoms with E-state index in [4.69, 9.17) is 9.73 Å². The molecule has 2 fully saturated rings. The van der Waals surface area contributed by atoms with Crippen molar-refractivity contribution < 1.29 is 22.7 Å². The maximum absolute atomic E-state index is 13.2. The SMILES string of the molecule is CC(C)(C)OC(=O)N1CCCC(C2=NC3(CCN(S(=O)(=O)CCc4cccc5ccccc45)CC3)C(=O)N2)C1. The summed E-state index contributed by atoms with van der Waals surface area (Å²) in [5, 5.41) is 5.15. The van der Waals surface area contributed by atoms with Crippen molar-refractivity contribution >= 4 is 38.6 Å². The van der Waals surface area contributed by atoms with E-state index in [0.717, 1.165) is 29.2 Å². The highest BCUT2D eigenvalue weighted by molar-refractivity contribution is 7.89. The van der Waals surface area contributed by atoms with E-state index in [1.165, 1.54) is 4.31 Å². The molecule has 9 nitrogen and oxygen atoms in total. The van der Waals surface area contributed by atoms with E-state index in [1.807, 2.05) is 63.2 Å². The summed E-state index contributed by atoms with van der Waals surface area (Å²) in [7, 11) is -3.48. The van der Waals surface area contributed by atoms with Crippen LogP contribution in [-0.4, -0.2) is 78.5 Å². The zero-order valence-corrected chi connectivity index (χ0v) is 23.8. The number of piperidine rings is 2. The number of nitrogens with one attached hydrogen (secondary N) is 1. The number of sulfonamides is 1. The normalized spacial score (nSPS) is 22.1. The number of benzene rings is 2. The van der Waals surface area contributed by atoms with Gasteiger partial charge in [0.15, 0.2) is 0 Å². The smallest absolute Gasteiger partial charge is 0.410 e. The molecular formula is C29H38N4O5S. The third-order valence-corrected chi connectivity index (χ3v) is 9.78. The van der Waals surface area contributed by atoms with Crippen molar-refractivity contribution in [2.45, 2.75) is 64.0 Å². The van der Waals surface area contributed by atoms with Gasteiger partial charge in [-0.15, -0.1) is 0 Å². The number of amidine groups is 1. The van der Waals surface area contributed by atoms with E-state index >= 15 is 0 Å². The summed E-state index contributed by atoms with van der Waals surface area (Å²) in [4.78, 5) is 32.2. The fraction of sp³-hybridized carbons (Fsp3) is 0.552. The first-order chi connectivity index (χ1) is 18.5. The van der Waals surface area contributed by atoms with Gasteiger partial charge in [-0.3, -0.25) is 9.79 Å². The van der Waals surface area contributed by atoms with Crippen molar-refractivity contribution in [3.8, 4) is 0 Å². The largest absolute Gasteiger partial charge is 0.444 e. The number of carbonyl (C=O) groups excluding carboxylic acids is 2. The highest BCUT2D eigenvalue weighted by Gasteiger charge is 2.48. The van der Waals surface area contributed by atoms with Crippen LogP contribution in [0.2, 0.25) is 0 Å². The summed E-state index contributed by atoms with van der Waals surface area (Å²) < 4.78 is 33.5. The van der Waals surface area contributed by atoms with Crippen LogP contribution in [0.15, 0.2) is 47.5 Å². The molecule has 39 heavy (non-hydrogen) atoms.